The number of halogens is 2. The van der Waals surface area contributed by atoms with Crippen molar-refractivity contribution in [1.29, 1.82) is 0 Å². The molecule has 1 aromatic carbocycles. The number of hydrogen-bond acceptors (Lipinski definition) is 3. The number of nitrogens with zero attached hydrogens (tertiary/aromatic N) is 1. The summed E-state index contributed by atoms with van der Waals surface area (Å²) in [4.78, 5) is 4.60. The number of hydrogen-bond donors (Lipinski definition) is 1. The van der Waals surface area contributed by atoms with Gasteiger partial charge in [0, 0.05) is 25.9 Å². The molecule has 1 unspecified atom stereocenters. The minimum absolute atomic E-state index is 0.306. The van der Waals surface area contributed by atoms with Gasteiger partial charge in [-0.2, -0.15) is 0 Å². The standard InChI is InChI=1S/C15H18BrIN2S/c1-3-6-18-15(8-12-9-20-10(2)19-12)13-7-11(17)4-5-14(13)16/h4-5,7,9,15,18H,3,6,8H2,1-2H3. The molecular formula is C15H18BrIN2S. The van der Waals surface area contributed by atoms with Crippen molar-refractivity contribution in [2.24, 2.45) is 0 Å². The molecule has 2 aromatic rings. The molecule has 0 amide bonds. The monoisotopic (exact) mass is 464 g/mol. The number of benzene rings is 1. The third-order valence-corrected chi connectivity index (χ3v) is 5.27. The minimum atomic E-state index is 0.306. The van der Waals surface area contributed by atoms with Crippen molar-refractivity contribution in [3.8, 4) is 0 Å². The average Bonchev–Trinajstić information content (AvgIpc) is 2.83. The first kappa shape index (κ1) is 16.4. The predicted molar refractivity (Wildman–Crippen MR) is 98.4 cm³/mol. The van der Waals surface area contributed by atoms with Crippen LogP contribution in [0.15, 0.2) is 28.1 Å². The van der Waals surface area contributed by atoms with Crippen molar-refractivity contribution >= 4 is 49.9 Å². The van der Waals surface area contributed by atoms with Crippen molar-refractivity contribution in [3.63, 3.8) is 0 Å². The Labute approximate surface area is 146 Å². The fraction of sp³-hybridized carbons (Fsp3) is 0.400. The van der Waals surface area contributed by atoms with Gasteiger partial charge < -0.3 is 5.32 Å². The van der Waals surface area contributed by atoms with Gasteiger partial charge in [-0.1, -0.05) is 22.9 Å². The molecule has 20 heavy (non-hydrogen) atoms. The Morgan fingerprint density at radius 3 is 2.90 bits per heavy atom. The second-order valence-electron chi connectivity index (χ2n) is 4.73. The first-order valence-electron chi connectivity index (χ1n) is 6.69. The van der Waals surface area contributed by atoms with Gasteiger partial charge in [0.2, 0.25) is 0 Å². The van der Waals surface area contributed by atoms with Crippen LogP contribution in [0.5, 0.6) is 0 Å². The molecule has 0 fully saturated rings. The lowest BCUT2D eigenvalue weighted by atomic mass is 10.0. The lowest BCUT2D eigenvalue weighted by Crippen LogP contribution is -2.24. The van der Waals surface area contributed by atoms with Gasteiger partial charge in [-0.15, -0.1) is 11.3 Å². The van der Waals surface area contributed by atoms with Crippen LogP contribution >= 0.6 is 49.9 Å². The van der Waals surface area contributed by atoms with Crippen LogP contribution in [0.4, 0.5) is 0 Å². The van der Waals surface area contributed by atoms with Crippen LogP contribution in [0.25, 0.3) is 0 Å². The Morgan fingerprint density at radius 2 is 2.25 bits per heavy atom. The number of aryl methyl sites for hydroxylation is 1. The molecule has 0 aliphatic rings. The van der Waals surface area contributed by atoms with Gasteiger partial charge >= 0.3 is 0 Å². The van der Waals surface area contributed by atoms with E-state index in [9.17, 15) is 0 Å². The molecule has 108 valence electrons. The highest BCUT2D eigenvalue weighted by Gasteiger charge is 2.16. The second kappa shape index (κ2) is 7.87. The predicted octanol–water partition coefficient (Wildman–Crippen LogP) is 5.10. The molecule has 0 bridgehead atoms. The summed E-state index contributed by atoms with van der Waals surface area (Å²) in [7, 11) is 0. The summed E-state index contributed by atoms with van der Waals surface area (Å²) >= 11 is 7.77. The third kappa shape index (κ3) is 4.51. The van der Waals surface area contributed by atoms with Gasteiger partial charge in [0.1, 0.15) is 0 Å². The second-order valence-corrected chi connectivity index (χ2v) is 7.90. The summed E-state index contributed by atoms with van der Waals surface area (Å²) in [5, 5.41) is 6.94. The van der Waals surface area contributed by atoms with Crippen molar-refractivity contribution < 1.29 is 0 Å². The van der Waals surface area contributed by atoms with E-state index in [1.165, 1.54) is 19.3 Å². The number of nitrogens with one attached hydrogen (secondary N) is 1. The van der Waals surface area contributed by atoms with Gasteiger partial charge in [-0.25, -0.2) is 4.98 Å². The maximum Gasteiger partial charge on any atom is 0.0897 e. The van der Waals surface area contributed by atoms with Gasteiger partial charge in [0.25, 0.3) is 0 Å². The summed E-state index contributed by atoms with van der Waals surface area (Å²) < 4.78 is 2.43. The van der Waals surface area contributed by atoms with E-state index in [0.29, 0.717) is 6.04 Å². The summed E-state index contributed by atoms with van der Waals surface area (Å²) in [6.07, 6.45) is 2.07. The summed E-state index contributed by atoms with van der Waals surface area (Å²) in [5.74, 6) is 0. The Morgan fingerprint density at radius 1 is 1.45 bits per heavy atom. The van der Waals surface area contributed by atoms with Crippen molar-refractivity contribution in [2.45, 2.75) is 32.7 Å². The molecule has 1 N–H and O–H groups in total. The van der Waals surface area contributed by atoms with E-state index in [-0.39, 0.29) is 0 Å². The van der Waals surface area contributed by atoms with Crippen LogP contribution < -0.4 is 5.32 Å². The Hall–Kier alpha value is 0.0200. The minimum Gasteiger partial charge on any atom is -0.310 e. The molecule has 1 heterocycles. The Kier molecular flexibility index (Phi) is 6.45. The van der Waals surface area contributed by atoms with E-state index in [2.05, 4.69) is 86.2 Å². The van der Waals surface area contributed by atoms with Crippen molar-refractivity contribution in [3.05, 3.63) is 47.9 Å². The van der Waals surface area contributed by atoms with Crippen LogP contribution in [0.2, 0.25) is 0 Å². The molecule has 2 rings (SSSR count). The normalized spacial score (nSPS) is 12.6. The number of aromatic nitrogens is 1. The van der Waals surface area contributed by atoms with Crippen LogP contribution in [-0.2, 0) is 6.42 Å². The Bertz CT molecular complexity index is 571. The zero-order valence-electron chi connectivity index (χ0n) is 11.6. The molecule has 0 spiro atoms. The zero-order chi connectivity index (χ0) is 14.5. The molecule has 5 heteroatoms. The van der Waals surface area contributed by atoms with Crippen LogP contribution in [0.1, 0.15) is 35.7 Å². The molecule has 0 saturated heterocycles. The molecular weight excluding hydrogens is 447 g/mol. The highest BCUT2D eigenvalue weighted by molar-refractivity contribution is 14.1. The molecule has 0 aliphatic carbocycles. The quantitative estimate of drug-likeness (QED) is 0.601. The topological polar surface area (TPSA) is 24.9 Å². The molecule has 1 aromatic heterocycles. The first-order chi connectivity index (χ1) is 9.60. The van der Waals surface area contributed by atoms with Crippen molar-refractivity contribution in [2.75, 3.05) is 6.54 Å². The third-order valence-electron chi connectivity index (χ3n) is 3.05. The van der Waals surface area contributed by atoms with E-state index in [0.717, 1.165) is 24.4 Å². The molecule has 2 nitrogen and oxygen atoms in total. The maximum absolute atomic E-state index is 4.60. The Balaban J connectivity index is 2.24. The summed E-state index contributed by atoms with van der Waals surface area (Å²) in [5.41, 5.74) is 2.49. The summed E-state index contributed by atoms with van der Waals surface area (Å²) in [6, 6.07) is 6.81. The van der Waals surface area contributed by atoms with E-state index < -0.39 is 0 Å². The molecule has 0 saturated carbocycles. The first-order valence-corrected chi connectivity index (χ1v) is 9.44. The molecule has 0 aliphatic heterocycles. The fourth-order valence-electron chi connectivity index (χ4n) is 2.10. The van der Waals surface area contributed by atoms with Crippen LogP contribution in [0.3, 0.4) is 0 Å². The fourth-order valence-corrected chi connectivity index (χ4v) is 3.77. The zero-order valence-corrected chi connectivity index (χ0v) is 16.2. The van der Waals surface area contributed by atoms with E-state index >= 15 is 0 Å². The van der Waals surface area contributed by atoms with Gasteiger partial charge in [0.15, 0.2) is 0 Å². The van der Waals surface area contributed by atoms with Crippen molar-refractivity contribution in [1.82, 2.24) is 10.3 Å². The number of thiazole rings is 1. The smallest absolute Gasteiger partial charge is 0.0897 e. The number of rotatable bonds is 6. The highest BCUT2D eigenvalue weighted by atomic mass is 127. The highest BCUT2D eigenvalue weighted by Crippen LogP contribution is 2.28. The van der Waals surface area contributed by atoms with E-state index in [4.69, 9.17) is 0 Å². The van der Waals surface area contributed by atoms with E-state index in [1.807, 2.05) is 0 Å². The molecule has 0 radical (unpaired) electrons. The van der Waals surface area contributed by atoms with E-state index in [1.54, 1.807) is 11.3 Å². The molecule has 1 atom stereocenters. The average molecular weight is 465 g/mol. The lowest BCUT2D eigenvalue weighted by Gasteiger charge is -2.20. The van der Waals surface area contributed by atoms with Gasteiger partial charge in [-0.05, 0) is 66.2 Å². The SMILES string of the molecule is CCCNC(Cc1csc(C)n1)c1cc(I)ccc1Br. The van der Waals surface area contributed by atoms with Gasteiger partial charge in [-0.3, -0.25) is 0 Å². The summed E-state index contributed by atoms with van der Waals surface area (Å²) in [6.45, 7) is 5.27. The lowest BCUT2D eigenvalue weighted by molar-refractivity contribution is 0.523. The largest absolute Gasteiger partial charge is 0.310 e. The van der Waals surface area contributed by atoms with Crippen LogP contribution in [0, 0.1) is 10.5 Å². The van der Waals surface area contributed by atoms with Gasteiger partial charge in [0.05, 0.1) is 10.7 Å². The van der Waals surface area contributed by atoms with Crippen LogP contribution in [-0.4, -0.2) is 11.5 Å². The maximum atomic E-state index is 4.60.